The summed E-state index contributed by atoms with van der Waals surface area (Å²) in [5.74, 6) is 1.57. The number of carbonyl (C=O) groups excluding carboxylic acids is 1. The van der Waals surface area contributed by atoms with Gasteiger partial charge < -0.3 is 24.1 Å². The number of rotatable bonds is 8. The van der Waals surface area contributed by atoms with Crippen molar-refractivity contribution < 1.29 is 33.0 Å². The van der Waals surface area contributed by atoms with Crippen molar-refractivity contribution in [2.45, 2.75) is 110 Å². The highest BCUT2D eigenvalue weighted by molar-refractivity contribution is 5.75. The number of aromatic hydroxyl groups is 1. The maximum Gasteiger partial charge on any atom is 0.309 e. The Labute approximate surface area is 275 Å². The molecule has 0 radical (unpaired) electrons. The minimum Gasteiger partial charge on any atom is -0.507 e. The van der Waals surface area contributed by atoms with Gasteiger partial charge in [-0.1, -0.05) is 50.0 Å². The van der Waals surface area contributed by atoms with Gasteiger partial charge in [-0.2, -0.15) is 0 Å². The van der Waals surface area contributed by atoms with Crippen molar-refractivity contribution in [1.82, 2.24) is 0 Å². The Morgan fingerprint density at radius 3 is 2.04 bits per heavy atom. The molecule has 45 heavy (non-hydrogen) atoms. The predicted octanol–water partition coefficient (Wildman–Crippen LogP) is 9.22. The molecule has 3 aliphatic rings. The topological polar surface area (TPSA) is 74.2 Å². The van der Waals surface area contributed by atoms with E-state index in [1.165, 1.54) is 23.8 Å². The molecule has 5 rings (SSSR count). The van der Waals surface area contributed by atoms with Gasteiger partial charge >= 0.3 is 5.97 Å². The fraction of sp³-hybridized carbons (Fsp3) is 0.564. The first-order valence-electron chi connectivity index (χ1n) is 17.9. The lowest BCUT2D eigenvalue weighted by Crippen LogP contribution is -2.45. The molecule has 0 amide bonds. The first kappa shape index (κ1) is 30.3. The summed E-state index contributed by atoms with van der Waals surface area (Å²) in [6.45, 7) is 7.88. The van der Waals surface area contributed by atoms with Gasteiger partial charge in [-0.05, 0) is 102 Å². The molecule has 2 unspecified atom stereocenters. The molecule has 0 fully saturated rings. The second-order valence-electron chi connectivity index (χ2n) is 13.0. The monoisotopic (exact) mass is 621 g/mol. The number of carbonyl (C=O) groups is 1. The van der Waals surface area contributed by atoms with Gasteiger partial charge in [0.1, 0.15) is 28.6 Å². The second-order valence-corrected chi connectivity index (χ2v) is 13.0. The molecule has 2 aromatic rings. The summed E-state index contributed by atoms with van der Waals surface area (Å²) in [7, 11) is 4.78. The molecule has 2 aliphatic carbocycles. The van der Waals surface area contributed by atoms with Gasteiger partial charge in [-0.15, -0.1) is 0 Å². The molecule has 1 N–H and O–H groups in total. The van der Waals surface area contributed by atoms with Crippen LogP contribution in [0.15, 0.2) is 47.6 Å². The zero-order valence-corrected chi connectivity index (χ0v) is 28.4. The summed E-state index contributed by atoms with van der Waals surface area (Å²) in [4.78, 5) is 12.3. The predicted molar refractivity (Wildman–Crippen MR) is 181 cm³/mol. The molecule has 1 aliphatic heterocycles. The van der Waals surface area contributed by atoms with E-state index in [4.69, 9.17) is 23.1 Å². The number of aryl methyl sites for hydroxylation is 2. The Morgan fingerprint density at radius 2 is 1.49 bits per heavy atom. The van der Waals surface area contributed by atoms with E-state index in [-0.39, 0.29) is 35.4 Å². The third-order valence-corrected chi connectivity index (χ3v) is 9.56. The number of benzene rings is 2. The van der Waals surface area contributed by atoms with Gasteiger partial charge in [0, 0.05) is 33.0 Å². The Bertz CT molecular complexity index is 1500. The van der Waals surface area contributed by atoms with Crippen LogP contribution in [0, 0.1) is 11.8 Å². The standard InChI is InChI=1S/C20H28O4.C19H26O2/c1-6-7-14-11-17(22-3)19(18(12-14)23-4)16-10-13(2)8-9-15(16)20(21)24-5;1-5-6-13-10-16(20)18-14-9-12(2)7-8-15(14)19(3,4)21-17(18)11-13/h10-12,15-16H,6-9H2,1-5H3;9-11,14-15,20H,5-8H2,1-4H3/t15-,16-;14?,15-/m11/s1/i;3D3/t;14?,15-,19?. The third-order valence-electron chi connectivity index (χ3n) is 9.56. The molecule has 1 heterocycles. The minimum absolute atomic E-state index is 0.0909. The SMILES string of the molecule is CCCc1cc(OC)c([C@@H]2C=C(C)CC[C@H]2C(=O)OC)c(OC)c1.[2H]C([2H])([2H])C1(C)Oc2cc(CCC)cc(O)c2C2C=C(C)CC[C@H]21. The molecule has 0 spiro atoms. The Hall–Kier alpha value is -3.41. The molecular formula is C39H54O6. The van der Waals surface area contributed by atoms with Crippen molar-refractivity contribution >= 4 is 5.97 Å². The average molecular weight is 622 g/mol. The molecule has 6 heteroatoms. The number of fused-ring (bicyclic) bond motifs is 3. The summed E-state index contributed by atoms with van der Waals surface area (Å²) in [6.07, 6.45) is 11.4. The van der Waals surface area contributed by atoms with E-state index in [0.29, 0.717) is 5.75 Å². The van der Waals surface area contributed by atoms with E-state index < -0.39 is 12.5 Å². The van der Waals surface area contributed by atoms with E-state index in [9.17, 15) is 9.90 Å². The maximum atomic E-state index is 12.3. The van der Waals surface area contributed by atoms with Crippen LogP contribution in [-0.2, 0) is 22.4 Å². The zero-order chi connectivity index (χ0) is 35.4. The van der Waals surface area contributed by atoms with Crippen LogP contribution in [0.3, 0.4) is 0 Å². The second kappa shape index (κ2) is 14.8. The lowest BCUT2D eigenvalue weighted by atomic mass is 9.68. The smallest absolute Gasteiger partial charge is 0.309 e. The van der Waals surface area contributed by atoms with Gasteiger partial charge in [-0.3, -0.25) is 4.79 Å². The van der Waals surface area contributed by atoms with Gasteiger partial charge in [-0.25, -0.2) is 0 Å². The van der Waals surface area contributed by atoms with Crippen LogP contribution in [-0.4, -0.2) is 38.0 Å². The summed E-state index contributed by atoms with van der Waals surface area (Å²) in [5, 5.41) is 10.6. The van der Waals surface area contributed by atoms with Gasteiger partial charge in [0.05, 0.1) is 27.2 Å². The molecule has 0 aromatic heterocycles. The summed E-state index contributed by atoms with van der Waals surface area (Å²) in [6, 6.07) is 7.84. The zero-order valence-electron chi connectivity index (χ0n) is 31.4. The first-order chi connectivity index (χ1) is 22.7. The number of phenolic OH excluding ortho intramolecular Hbond substituents is 1. The Balaban J connectivity index is 0.000000217. The molecule has 2 aromatic carbocycles. The van der Waals surface area contributed by atoms with E-state index in [2.05, 4.69) is 52.0 Å². The number of hydrogen-bond acceptors (Lipinski definition) is 6. The molecule has 0 saturated heterocycles. The number of ether oxygens (including phenoxy) is 4. The molecule has 0 bridgehead atoms. The molecule has 246 valence electrons. The minimum atomic E-state index is -2.22. The number of hydrogen-bond donors (Lipinski definition) is 1. The van der Waals surface area contributed by atoms with Crippen molar-refractivity contribution in [1.29, 1.82) is 0 Å². The van der Waals surface area contributed by atoms with Crippen LogP contribution < -0.4 is 14.2 Å². The highest BCUT2D eigenvalue weighted by Crippen LogP contribution is 2.53. The fourth-order valence-electron chi connectivity index (χ4n) is 7.32. The van der Waals surface area contributed by atoms with E-state index in [1.807, 2.05) is 6.07 Å². The van der Waals surface area contributed by atoms with Crippen LogP contribution in [0.25, 0.3) is 0 Å². The molecule has 0 saturated carbocycles. The normalized spacial score (nSPS) is 26.5. The third kappa shape index (κ3) is 7.53. The molecular weight excluding hydrogens is 564 g/mol. The average Bonchev–Trinajstić information content (AvgIpc) is 3.03. The lowest BCUT2D eigenvalue weighted by molar-refractivity contribution is -0.146. The summed E-state index contributed by atoms with van der Waals surface area (Å²) < 4.78 is 46.6. The largest absolute Gasteiger partial charge is 0.507 e. The van der Waals surface area contributed by atoms with E-state index in [0.717, 1.165) is 79.6 Å². The number of esters is 1. The summed E-state index contributed by atoms with van der Waals surface area (Å²) in [5.41, 5.74) is 5.14. The van der Waals surface area contributed by atoms with Gasteiger partial charge in [0.25, 0.3) is 0 Å². The van der Waals surface area contributed by atoms with Crippen LogP contribution in [0.2, 0.25) is 0 Å². The van der Waals surface area contributed by atoms with Crippen molar-refractivity contribution in [3.05, 3.63) is 69.8 Å². The van der Waals surface area contributed by atoms with Crippen molar-refractivity contribution in [3.8, 4) is 23.0 Å². The lowest BCUT2D eigenvalue weighted by Gasteiger charge is -2.46. The van der Waals surface area contributed by atoms with Crippen LogP contribution in [0.5, 0.6) is 23.0 Å². The number of allylic oxidation sites excluding steroid dienone is 4. The maximum absolute atomic E-state index is 12.3. The van der Waals surface area contributed by atoms with E-state index >= 15 is 0 Å². The summed E-state index contributed by atoms with van der Waals surface area (Å²) >= 11 is 0. The molecule has 5 atom stereocenters. The van der Waals surface area contributed by atoms with Crippen molar-refractivity contribution in [2.24, 2.45) is 11.8 Å². The highest BCUT2D eigenvalue weighted by atomic mass is 16.5. The van der Waals surface area contributed by atoms with Crippen LogP contribution >= 0.6 is 0 Å². The Morgan fingerprint density at radius 1 is 0.911 bits per heavy atom. The number of phenols is 1. The van der Waals surface area contributed by atoms with E-state index in [1.54, 1.807) is 27.2 Å². The van der Waals surface area contributed by atoms with Gasteiger partial charge in [0.2, 0.25) is 0 Å². The molecule has 6 nitrogen and oxygen atoms in total. The van der Waals surface area contributed by atoms with Crippen molar-refractivity contribution in [3.63, 3.8) is 0 Å². The fourth-order valence-corrected chi connectivity index (χ4v) is 7.32. The highest BCUT2D eigenvalue weighted by Gasteiger charge is 2.45. The first-order valence-corrected chi connectivity index (χ1v) is 16.4. The Kier molecular flexibility index (Phi) is 9.94. The van der Waals surface area contributed by atoms with Gasteiger partial charge in [0.15, 0.2) is 0 Å². The number of methoxy groups -OCH3 is 3. The van der Waals surface area contributed by atoms with Crippen LogP contribution in [0.4, 0.5) is 0 Å². The quantitative estimate of drug-likeness (QED) is 0.234. The van der Waals surface area contributed by atoms with Crippen molar-refractivity contribution in [2.75, 3.05) is 21.3 Å². The van der Waals surface area contributed by atoms with Crippen LogP contribution in [0.1, 0.15) is 118 Å².